The van der Waals surface area contributed by atoms with Crippen LogP contribution in [0.1, 0.15) is 17.0 Å². The summed E-state index contributed by atoms with van der Waals surface area (Å²) in [6, 6.07) is 16.8. The standard InChI is InChI=1S/C19H21NO2.ClH/c1-21-17-8-5-9-18-19(17)16-12-20(11-15(16)13-22-18)10-14-6-3-2-4-7-14;/h2-9,15-16H,10-13H2,1H3;1H/t15-,16-;/m1./s1. The summed E-state index contributed by atoms with van der Waals surface area (Å²) in [5.41, 5.74) is 2.64. The van der Waals surface area contributed by atoms with Crippen LogP contribution in [0.4, 0.5) is 0 Å². The average Bonchev–Trinajstić information content (AvgIpc) is 2.97. The maximum atomic E-state index is 5.97. The van der Waals surface area contributed by atoms with Crippen molar-refractivity contribution in [3.63, 3.8) is 0 Å². The van der Waals surface area contributed by atoms with E-state index in [0.717, 1.165) is 37.7 Å². The molecule has 0 spiro atoms. The van der Waals surface area contributed by atoms with E-state index in [1.807, 2.05) is 12.1 Å². The highest BCUT2D eigenvalue weighted by atomic mass is 35.5. The molecule has 1 fully saturated rings. The van der Waals surface area contributed by atoms with Crippen molar-refractivity contribution in [3.05, 3.63) is 59.7 Å². The molecule has 0 aromatic heterocycles. The zero-order valence-electron chi connectivity index (χ0n) is 13.3. The minimum atomic E-state index is 0. The zero-order valence-corrected chi connectivity index (χ0v) is 14.1. The van der Waals surface area contributed by atoms with E-state index in [0.29, 0.717) is 11.8 Å². The Kier molecular flexibility index (Phi) is 4.79. The van der Waals surface area contributed by atoms with Crippen LogP contribution in [-0.2, 0) is 6.54 Å². The molecule has 0 saturated carbocycles. The molecule has 0 amide bonds. The number of ether oxygens (including phenoxy) is 2. The van der Waals surface area contributed by atoms with Gasteiger partial charge in [-0.15, -0.1) is 12.4 Å². The number of nitrogens with zero attached hydrogens (tertiary/aromatic N) is 1. The second-order valence-electron chi connectivity index (χ2n) is 6.23. The number of rotatable bonds is 3. The number of fused-ring (bicyclic) bond motifs is 3. The molecule has 0 unspecified atom stereocenters. The summed E-state index contributed by atoms with van der Waals surface area (Å²) < 4.78 is 11.5. The maximum absolute atomic E-state index is 5.97. The van der Waals surface area contributed by atoms with Gasteiger partial charge in [-0.05, 0) is 17.7 Å². The molecule has 0 aliphatic carbocycles. The minimum Gasteiger partial charge on any atom is -0.496 e. The third-order valence-electron chi connectivity index (χ3n) is 4.84. The average molecular weight is 332 g/mol. The first-order valence-electron chi connectivity index (χ1n) is 7.91. The van der Waals surface area contributed by atoms with Crippen LogP contribution in [0.25, 0.3) is 0 Å². The van der Waals surface area contributed by atoms with Crippen LogP contribution in [0.5, 0.6) is 11.5 Å². The highest BCUT2D eigenvalue weighted by Crippen LogP contribution is 2.46. The molecule has 122 valence electrons. The van der Waals surface area contributed by atoms with Gasteiger partial charge in [0.25, 0.3) is 0 Å². The molecule has 2 aliphatic rings. The molecule has 1 saturated heterocycles. The summed E-state index contributed by atoms with van der Waals surface area (Å²) in [4.78, 5) is 2.54. The first-order valence-corrected chi connectivity index (χ1v) is 7.91. The normalized spacial score (nSPS) is 22.5. The SMILES string of the molecule is COc1cccc2c1[C@@H]1CN(Cc3ccccc3)C[C@@H]1CO2.Cl. The van der Waals surface area contributed by atoms with Crippen molar-refractivity contribution in [1.29, 1.82) is 0 Å². The van der Waals surface area contributed by atoms with Gasteiger partial charge in [0, 0.05) is 37.0 Å². The summed E-state index contributed by atoms with van der Waals surface area (Å²) >= 11 is 0. The monoisotopic (exact) mass is 331 g/mol. The number of halogens is 1. The fraction of sp³-hybridized carbons (Fsp3) is 0.368. The van der Waals surface area contributed by atoms with Gasteiger partial charge in [0.05, 0.1) is 13.7 Å². The van der Waals surface area contributed by atoms with E-state index in [1.165, 1.54) is 11.1 Å². The van der Waals surface area contributed by atoms with Crippen LogP contribution in [0.3, 0.4) is 0 Å². The molecule has 3 nitrogen and oxygen atoms in total. The Morgan fingerprint density at radius 3 is 2.70 bits per heavy atom. The van der Waals surface area contributed by atoms with Gasteiger partial charge < -0.3 is 9.47 Å². The van der Waals surface area contributed by atoms with Gasteiger partial charge in [-0.3, -0.25) is 4.90 Å². The molecular formula is C19H22ClNO2. The summed E-state index contributed by atoms with van der Waals surface area (Å²) in [6.45, 7) is 4.00. The molecule has 4 rings (SSSR count). The number of hydrogen-bond donors (Lipinski definition) is 0. The number of hydrogen-bond acceptors (Lipinski definition) is 3. The van der Waals surface area contributed by atoms with Gasteiger partial charge in [-0.25, -0.2) is 0 Å². The fourth-order valence-corrected chi connectivity index (χ4v) is 3.82. The van der Waals surface area contributed by atoms with Crippen LogP contribution in [0.2, 0.25) is 0 Å². The Bertz CT molecular complexity index is 647. The largest absolute Gasteiger partial charge is 0.496 e. The lowest BCUT2D eigenvalue weighted by Gasteiger charge is -2.29. The summed E-state index contributed by atoms with van der Waals surface area (Å²) in [7, 11) is 1.75. The van der Waals surface area contributed by atoms with Gasteiger partial charge >= 0.3 is 0 Å². The van der Waals surface area contributed by atoms with Crippen molar-refractivity contribution >= 4 is 12.4 Å². The Morgan fingerprint density at radius 2 is 1.91 bits per heavy atom. The lowest BCUT2D eigenvalue weighted by Crippen LogP contribution is -2.25. The highest BCUT2D eigenvalue weighted by Gasteiger charge is 2.40. The minimum absolute atomic E-state index is 0. The number of benzene rings is 2. The lowest BCUT2D eigenvalue weighted by molar-refractivity contribution is 0.208. The molecule has 2 heterocycles. The molecule has 0 radical (unpaired) electrons. The van der Waals surface area contributed by atoms with Gasteiger partial charge in [-0.1, -0.05) is 36.4 Å². The van der Waals surface area contributed by atoms with Crippen molar-refractivity contribution in [1.82, 2.24) is 4.90 Å². The molecule has 2 atom stereocenters. The van der Waals surface area contributed by atoms with Crippen LogP contribution in [0, 0.1) is 5.92 Å². The van der Waals surface area contributed by atoms with Crippen molar-refractivity contribution in [2.45, 2.75) is 12.5 Å². The van der Waals surface area contributed by atoms with Gasteiger partial charge in [0.1, 0.15) is 11.5 Å². The van der Waals surface area contributed by atoms with Crippen LogP contribution in [-0.4, -0.2) is 31.7 Å². The predicted molar refractivity (Wildman–Crippen MR) is 93.7 cm³/mol. The van der Waals surface area contributed by atoms with Gasteiger partial charge in [-0.2, -0.15) is 0 Å². The molecular weight excluding hydrogens is 310 g/mol. The second-order valence-corrected chi connectivity index (χ2v) is 6.23. The van der Waals surface area contributed by atoms with E-state index in [-0.39, 0.29) is 12.4 Å². The third-order valence-corrected chi connectivity index (χ3v) is 4.84. The number of methoxy groups -OCH3 is 1. The predicted octanol–water partition coefficient (Wildman–Crippen LogP) is 3.73. The van der Waals surface area contributed by atoms with Gasteiger partial charge in [0.15, 0.2) is 0 Å². The van der Waals surface area contributed by atoms with E-state index in [9.17, 15) is 0 Å². The summed E-state index contributed by atoms with van der Waals surface area (Å²) in [5, 5.41) is 0. The third kappa shape index (κ3) is 3.04. The molecule has 2 aliphatic heterocycles. The molecule has 2 aromatic carbocycles. The summed E-state index contributed by atoms with van der Waals surface area (Å²) in [5.74, 6) is 3.05. The Labute approximate surface area is 143 Å². The van der Waals surface area contributed by atoms with Gasteiger partial charge in [0.2, 0.25) is 0 Å². The maximum Gasteiger partial charge on any atom is 0.126 e. The van der Waals surface area contributed by atoms with E-state index < -0.39 is 0 Å². The van der Waals surface area contributed by atoms with Crippen LogP contribution >= 0.6 is 12.4 Å². The molecule has 23 heavy (non-hydrogen) atoms. The van der Waals surface area contributed by atoms with E-state index in [4.69, 9.17) is 9.47 Å². The van der Waals surface area contributed by atoms with E-state index in [2.05, 4.69) is 41.3 Å². The molecule has 0 bridgehead atoms. The molecule has 4 heteroatoms. The van der Waals surface area contributed by atoms with E-state index in [1.54, 1.807) is 7.11 Å². The quantitative estimate of drug-likeness (QED) is 0.855. The Balaban J connectivity index is 0.00000156. The highest BCUT2D eigenvalue weighted by molar-refractivity contribution is 5.85. The first kappa shape index (κ1) is 16.2. The summed E-state index contributed by atoms with van der Waals surface area (Å²) in [6.07, 6.45) is 0. The Morgan fingerprint density at radius 1 is 1.09 bits per heavy atom. The molecule has 2 aromatic rings. The van der Waals surface area contributed by atoms with Crippen LogP contribution in [0.15, 0.2) is 48.5 Å². The first-order chi connectivity index (χ1) is 10.8. The van der Waals surface area contributed by atoms with Crippen molar-refractivity contribution in [2.75, 3.05) is 26.8 Å². The topological polar surface area (TPSA) is 21.7 Å². The zero-order chi connectivity index (χ0) is 14.9. The van der Waals surface area contributed by atoms with E-state index >= 15 is 0 Å². The smallest absolute Gasteiger partial charge is 0.126 e. The number of likely N-dealkylation sites (tertiary alicyclic amines) is 1. The second kappa shape index (κ2) is 6.81. The van der Waals surface area contributed by atoms with Crippen molar-refractivity contribution in [2.24, 2.45) is 5.92 Å². The lowest BCUT2D eigenvalue weighted by atomic mass is 9.86. The van der Waals surface area contributed by atoms with Crippen molar-refractivity contribution in [3.8, 4) is 11.5 Å². The van der Waals surface area contributed by atoms with Crippen LogP contribution < -0.4 is 9.47 Å². The van der Waals surface area contributed by atoms with Crippen molar-refractivity contribution < 1.29 is 9.47 Å². The fourth-order valence-electron chi connectivity index (χ4n) is 3.82. The molecule has 0 N–H and O–H groups in total. The Hall–Kier alpha value is -1.71.